The second-order valence-corrected chi connectivity index (χ2v) is 6.83. The number of aliphatic carboxylic acids is 1. The Kier molecular flexibility index (Phi) is 7.69. The maximum Gasteiger partial charge on any atom is 0.341 e. The van der Waals surface area contributed by atoms with E-state index in [9.17, 15) is 9.59 Å². The third kappa shape index (κ3) is 5.91. The molecule has 0 aliphatic carbocycles. The Morgan fingerprint density at radius 1 is 1.21 bits per heavy atom. The number of furan rings is 1. The summed E-state index contributed by atoms with van der Waals surface area (Å²) in [6, 6.07) is 10.3. The van der Waals surface area contributed by atoms with Crippen LogP contribution in [0.5, 0.6) is 17.2 Å². The van der Waals surface area contributed by atoms with E-state index in [0.717, 1.165) is 5.39 Å². The van der Waals surface area contributed by atoms with Crippen LogP contribution < -0.4 is 19.6 Å². The van der Waals surface area contributed by atoms with Gasteiger partial charge in [-0.25, -0.2) is 10.2 Å². The molecule has 0 saturated carbocycles. The molecule has 1 heterocycles. The molecule has 0 bridgehead atoms. The lowest BCUT2D eigenvalue weighted by atomic mass is 10.1. The van der Waals surface area contributed by atoms with Gasteiger partial charge in [-0.3, -0.25) is 4.79 Å². The number of hydrogen-bond donors (Lipinski definition) is 2. The highest BCUT2D eigenvalue weighted by Crippen LogP contribution is 2.33. The van der Waals surface area contributed by atoms with E-state index in [1.807, 2.05) is 6.92 Å². The molecule has 3 aromatic rings. The Morgan fingerprint density at radius 2 is 2.03 bits per heavy atom. The number of allylic oxidation sites excluding steroid dienone is 1. The van der Waals surface area contributed by atoms with Gasteiger partial charge in [-0.15, -0.1) is 6.58 Å². The van der Waals surface area contributed by atoms with Gasteiger partial charge in [0.1, 0.15) is 11.3 Å². The van der Waals surface area contributed by atoms with Crippen molar-refractivity contribution in [3.63, 3.8) is 0 Å². The van der Waals surface area contributed by atoms with Crippen molar-refractivity contribution >= 4 is 29.1 Å². The summed E-state index contributed by atoms with van der Waals surface area (Å²) in [5, 5.41) is 13.6. The fourth-order valence-corrected chi connectivity index (χ4v) is 3.12. The Balaban J connectivity index is 1.76. The van der Waals surface area contributed by atoms with Gasteiger partial charge in [-0.2, -0.15) is 5.10 Å². The van der Waals surface area contributed by atoms with Gasteiger partial charge in [0.05, 0.1) is 19.9 Å². The number of hydrogen-bond acceptors (Lipinski definition) is 7. The van der Waals surface area contributed by atoms with E-state index in [4.69, 9.17) is 23.7 Å². The molecule has 3 rings (SSSR count). The quantitative estimate of drug-likeness (QED) is 0.258. The van der Waals surface area contributed by atoms with Crippen LogP contribution in [0, 0.1) is 0 Å². The monoisotopic (exact) mass is 452 g/mol. The van der Waals surface area contributed by atoms with Crippen molar-refractivity contribution in [1.82, 2.24) is 5.43 Å². The minimum atomic E-state index is -1.10. The minimum absolute atomic E-state index is 0.109. The lowest BCUT2D eigenvalue weighted by Crippen LogP contribution is -2.16. The first-order valence-corrected chi connectivity index (χ1v) is 10.1. The summed E-state index contributed by atoms with van der Waals surface area (Å²) in [4.78, 5) is 23.3. The maximum absolute atomic E-state index is 12.4. The second kappa shape index (κ2) is 10.9. The maximum atomic E-state index is 12.4. The molecule has 172 valence electrons. The highest BCUT2D eigenvalue weighted by molar-refractivity contribution is 5.96. The average Bonchev–Trinajstić information content (AvgIpc) is 3.22. The van der Waals surface area contributed by atoms with Gasteiger partial charge < -0.3 is 23.7 Å². The van der Waals surface area contributed by atoms with E-state index < -0.39 is 18.5 Å². The first-order chi connectivity index (χ1) is 15.9. The van der Waals surface area contributed by atoms with E-state index in [-0.39, 0.29) is 5.76 Å². The lowest BCUT2D eigenvalue weighted by Gasteiger charge is -2.14. The number of nitrogens with zero attached hydrogens (tertiary/aromatic N) is 1. The molecule has 0 saturated heterocycles. The summed E-state index contributed by atoms with van der Waals surface area (Å²) >= 11 is 0. The summed E-state index contributed by atoms with van der Waals surface area (Å²) in [6.07, 6.45) is 3.51. The number of carbonyl (C=O) groups is 2. The molecule has 0 aliphatic rings. The van der Waals surface area contributed by atoms with Crippen LogP contribution in [-0.4, -0.2) is 43.5 Å². The fourth-order valence-electron chi connectivity index (χ4n) is 3.12. The van der Waals surface area contributed by atoms with Crippen molar-refractivity contribution in [2.75, 3.05) is 20.3 Å². The van der Waals surface area contributed by atoms with Crippen molar-refractivity contribution in [3.8, 4) is 17.2 Å². The third-order valence-electron chi connectivity index (χ3n) is 4.48. The number of rotatable bonds is 11. The van der Waals surface area contributed by atoms with Gasteiger partial charge in [0.25, 0.3) is 0 Å². The van der Waals surface area contributed by atoms with E-state index in [1.54, 1.807) is 42.5 Å². The smallest absolute Gasteiger partial charge is 0.341 e. The number of hydrazone groups is 1. The zero-order chi connectivity index (χ0) is 23.8. The molecule has 0 unspecified atom stereocenters. The van der Waals surface area contributed by atoms with Crippen LogP contribution in [0.15, 0.2) is 58.6 Å². The van der Waals surface area contributed by atoms with Gasteiger partial charge in [0.2, 0.25) is 0 Å². The standard InChI is InChI=1S/C24H24N2O7/c1-4-6-16-9-15(10-20(30-3)23(16)32-14-22(27)28)13-25-26-24(29)21-12-17-11-18(31-5-2)7-8-19(17)33-21/h4,7-13H,1,5-6,14H2,2-3H3,(H,26,29)(H,27,28)/b25-13+. The van der Waals surface area contributed by atoms with E-state index in [2.05, 4.69) is 17.1 Å². The normalized spacial score (nSPS) is 10.8. The predicted molar refractivity (Wildman–Crippen MR) is 122 cm³/mol. The third-order valence-corrected chi connectivity index (χ3v) is 4.48. The van der Waals surface area contributed by atoms with E-state index >= 15 is 0 Å². The molecule has 2 N–H and O–H groups in total. The summed E-state index contributed by atoms with van der Waals surface area (Å²) in [5.74, 6) is -0.163. The van der Waals surface area contributed by atoms with E-state index in [1.165, 1.54) is 13.3 Å². The Morgan fingerprint density at radius 3 is 2.73 bits per heavy atom. The molecular formula is C24H24N2O7. The number of fused-ring (bicyclic) bond motifs is 1. The summed E-state index contributed by atoms with van der Waals surface area (Å²) in [6.45, 7) is 5.63. The zero-order valence-electron chi connectivity index (χ0n) is 18.3. The Hall–Kier alpha value is -4.27. The first kappa shape index (κ1) is 23.4. The molecule has 0 spiro atoms. The average molecular weight is 452 g/mol. The topological polar surface area (TPSA) is 120 Å². The van der Waals surface area contributed by atoms with Gasteiger partial charge in [-0.1, -0.05) is 6.08 Å². The van der Waals surface area contributed by atoms with Crippen molar-refractivity contribution in [1.29, 1.82) is 0 Å². The number of amides is 1. The van der Waals surface area contributed by atoms with Crippen LogP contribution in [0.3, 0.4) is 0 Å². The lowest BCUT2D eigenvalue weighted by molar-refractivity contribution is -0.139. The van der Waals surface area contributed by atoms with E-state index in [0.29, 0.717) is 47.0 Å². The zero-order valence-corrected chi connectivity index (χ0v) is 18.3. The number of nitrogens with one attached hydrogen (secondary N) is 1. The van der Waals surface area contributed by atoms with Crippen LogP contribution >= 0.6 is 0 Å². The molecule has 2 aromatic carbocycles. The second-order valence-electron chi connectivity index (χ2n) is 6.83. The molecule has 0 aliphatic heterocycles. The molecule has 1 amide bonds. The van der Waals surface area contributed by atoms with Gasteiger partial charge >= 0.3 is 11.9 Å². The summed E-state index contributed by atoms with van der Waals surface area (Å²) in [5.41, 5.74) is 4.26. The number of ether oxygens (including phenoxy) is 3. The SMILES string of the molecule is C=CCc1cc(/C=N/NC(=O)c2cc3cc(OCC)ccc3o2)cc(OC)c1OCC(=O)O. The molecule has 33 heavy (non-hydrogen) atoms. The minimum Gasteiger partial charge on any atom is -0.494 e. The summed E-state index contributed by atoms with van der Waals surface area (Å²) < 4.78 is 21.7. The Labute approximate surface area is 190 Å². The molecular weight excluding hydrogens is 428 g/mol. The number of methoxy groups -OCH3 is 1. The molecule has 9 heteroatoms. The molecule has 0 atom stereocenters. The summed E-state index contributed by atoms with van der Waals surface area (Å²) in [7, 11) is 1.45. The highest BCUT2D eigenvalue weighted by atomic mass is 16.5. The van der Waals surface area contributed by atoms with Crippen LogP contribution in [0.2, 0.25) is 0 Å². The Bertz CT molecular complexity index is 1200. The molecule has 0 radical (unpaired) electrons. The molecule has 0 fully saturated rings. The van der Waals surface area contributed by atoms with Crippen molar-refractivity contribution in [3.05, 3.63) is 65.9 Å². The van der Waals surface area contributed by atoms with Gasteiger partial charge in [0, 0.05) is 10.9 Å². The van der Waals surface area contributed by atoms with Gasteiger partial charge in [-0.05, 0) is 55.3 Å². The first-order valence-electron chi connectivity index (χ1n) is 10.1. The largest absolute Gasteiger partial charge is 0.494 e. The van der Waals surface area contributed by atoms with Crippen molar-refractivity contribution in [2.24, 2.45) is 5.10 Å². The number of carbonyl (C=O) groups excluding carboxylic acids is 1. The molecule has 1 aromatic heterocycles. The van der Waals surface area contributed by atoms with Crippen LogP contribution in [0.1, 0.15) is 28.6 Å². The van der Waals surface area contributed by atoms with Crippen LogP contribution in [0.25, 0.3) is 11.0 Å². The fraction of sp³-hybridized carbons (Fsp3) is 0.208. The van der Waals surface area contributed by atoms with Crippen molar-refractivity contribution < 1.29 is 33.3 Å². The number of carboxylic acid groups (broad SMARTS) is 1. The predicted octanol–water partition coefficient (Wildman–Crippen LogP) is 3.80. The van der Waals surface area contributed by atoms with Crippen molar-refractivity contribution in [2.45, 2.75) is 13.3 Å². The van der Waals surface area contributed by atoms with Crippen LogP contribution in [0.4, 0.5) is 0 Å². The highest BCUT2D eigenvalue weighted by Gasteiger charge is 2.15. The van der Waals surface area contributed by atoms with Gasteiger partial charge in [0.15, 0.2) is 23.9 Å². The number of carboxylic acids is 1. The van der Waals surface area contributed by atoms with Crippen LogP contribution in [-0.2, 0) is 11.2 Å². The molecule has 9 nitrogen and oxygen atoms in total. The number of benzene rings is 2.